The number of fused-ring (bicyclic) bond motifs is 1. The number of carbonyl (C=O) groups excluding carboxylic acids is 1. The van der Waals surface area contributed by atoms with Crippen LogP contribution in [0.4, 0.5) is 10.5 Å². The van der Waals surface area contributed by atoms with E-state index in [1.54, 1.807) is 24.3 Å². The summed E-state index contributed by atoms with van der Waals surface area (Å²) in [6.07, 6.45) is -2.25. The average Bonchev–Trinajstić information content (AvgIpc) is 3.32. The minimum Gasteiger partial charge on any atom is -0.441 e. The second-order valence-corrected chi connectivity index (χ2v) is 10.2. The number of anilines is 1. The summed E-state index contributed by atoms with van der Waals surface area (Å²) in [5.41, 5.74) is 2.51. The zero-order valence-corrected chi connectivity index (χ0v) is 18.9. The number of hydrogen-bond acceptors (Lipinski definition) is 6. The lowest BCUT2D eigenvalue weighted by Gasteiger charge is -2.18. The van der Waals surface area contributed by atoms with Crippen LogP contribution in [-0.4, -0.2) is 52.1 Å². The zero-order valence-electron chi connectivity index (χ0n) is 18.1. The summed E-state index contributed by atoms with van der Waals surface area (Å²) < 4.78 is 44.8. The monoisotopic (exact) mass is 460 g/mol. The fourth-order valence-electron chi connectivity index (χ4n) is 3.97. The Balaban J connectivity index is 1.30. The van der Waals surface area contributed by atoms with Gasteiger partial charge >= 0.3 is 6.09 Å². The van der Waals surface area contributed by atoms with Crippen molar-refractivity contribution in [2.24, 2.45) is 0 Å². The third kappa shape index (κ3) is 5.47. The Bertz CT molecular complexity index is 1030. The van der Waals surface area contributed by atoms with Gasteiger partial charge in [0.15, 0.2) is 6.10 Å². The van der Waals surface area contributed by atoms with Crippen molar-refractivity contribution in [1.29, 1.82) is 0 Å². The lowest BCUT2D eigenvalue weighted by molar-refractivity contribution is 0.00883. The van der Waals surface area contributed by atoms with Crippen molar-refractivity contribution in [2.45, 2.75) is 49.9 Å². The highest BCUT2D eigenvalue weighted by Gasteiger charge is 2.50. The van der Waals surface area contributed by atoms with Gasteiger partial charge in [-0.3, -0.25) is 5.32 Å². The minimum absolute atomic E-state index is 0.125. The third-order valence-corrected chi connectivity index (χ3v) is 7.00. The molecule has 0 aliphatic carbocycles. The Labute approximate surface area is 188 Å². The number of sulfonamides is 1. The molecule has 2 aliphatic rings. The molecule has 2 aliphatic heterocycles. The molecule has 9 heteroatoms. The molecule has 4 atom stereocenters. The van der Waals surface area contributed by atoms with E-state index in [-0.39, 0.29) is 19.0 Å². The molecule has 32 heavy (non-hydrogen) atoms. The van der Waals surface area contributed by atoms with Crippen molar-refractivity contribution in [3.05, 3.63) is 65.7 Å². The second kappa shape index (κ2) is 9.58. The first-order valence-corrected chi connectivity index (χ1v) is 12.3. The first kappa shape index (κ1) is 22.7. The van der Waals surface area contributed by atoms with Crippen LogP contribution in [0.15, 0.2) is 54.6 Å². The maximum absolute atomic E-state index is 12.6. The normalized spacial score (nSPS) is 25.0. The van der Waals surface area contributed by atoms with E-state index in [0.29, 0.717) is 17.2 Å². The van der Waals surface area contributed by atoms with Crippen molar-refractivity contribution in [3.8, 4) is 0 Å². The summed E-state index contributed by atoms with van der Waals surface area (Å²) in [6.45, 7) is 4.50. The Morgan fingerprint density at radius 2 is 1.72 bits per heavy atom. The number of carbonyl (C=O) groups is 1. The van der Waals surface area contributed by atoms with Crippen molar-refractivity contribution < 1.29 is 27.4 Å². The van der Waals surface area contributed by atoms with Gasteiger partial charge in [0.2, 0.25) is 10.0 Å². The molecule has 0 aromatic heterocycles. The molecule has 2 N–H and O–H groups in total. The molecule has 0 spiro atoms. The van der Waals surface area contributed by atoms with E-state index in [4.69, 9.17) is 14.2 Å². The molecule has 2 aromatic rings. The van der Waals surface area contributed by atoms with Crippen LogP contribution >= 0.6 is 0 Å². The Morgan fingerprint density at radius 1 is 1.03 bits per heavy atom. The van der Waals surface area contributed by atoms with Gasteiger partial charge in [-0.2, -0.15) is 0 Å². The number of benzene rings is 2. The molecule has 2 heterocycles. The second-order valence-electron chi connectivity index (χ2n) is 8.41. The van der Waals surface area contributed by atoms with Crippen LogP contribution in [0.2, 0.25) is 0 Å². The van der Waals surface area contributed by atoms with E-state index in [2.05, 4.69) is 23.9 Å². The smallest absolute Gasteiger partial charge is 0.412 e. The van der Waals surface area contributed by atoms with Gasteiger partial charge in [0.25, 0.3) is 0 Å². The quantitative estimate of drug-likeness (QED) is 0.659. The first-order chi connectivity index (χ1) is 15.3. The lowest BCUT2D eigenvalue weighted by atomic mass is 10.0. The van der Waals surface area contributed by atoms with Crippen LogP contribution in [-0.2, 0) is 30.0 Å². The van der Waals surface area contributed by atoms with Gasteiger partial charge in [-0.15, -0.1) is 0 Å². The lowest BCUT2D eigenvalue weighted by Crippen LogP contribution is -2.44. The number of rotatable bonds is 7. The molecule has 0 radical (unpaired) electrons. The highest BCUT2D eigenvalue weighted by Crippen LogP contribution is 2.30. The molecule has 4 rings (SSSR count). The maximum atomic E-state index is 12.6. The number of hydrogen-bond donors (Lipinski definition) is 2. The molecule has 0 bridgehead atoms. The van der Waals surface area contributed by atoms with Crippen LogP contribution in [0.5, 0.6) is 0 Å². The van der Waals surface area contributed by atoms with Crippen LogP contribution in [0.25, 0.3) is 0 Å². The van der Waals surface area contributed by atoms with Gasteiger partial charge in [0.1, 0.15) is 12.2 Å². The highest BCUT2D eigenvalue weighted by atomic mass is 32.2. The van der Waals surface area contributed by atoms with E-state index < -0.39 is 40.5 Å². The zero-order chi connectivity index (χ0) is 22.7. The van der Waals surface area contributed by atoms with Crippen LogP contribution in [0, 0.1) is 0 Å². The average molecular weight is 461 g/mol. The van der Waals surface area contributed by atoms with Gasteiger partial charge < -0.3 is 14.2 Å². The van der Waals surface area contributed by atoms with Gasteiger partial charge in [-0.25, -0.2) is 17.9 Å². The predicted octanol–water partition coefficient (Wildman–Crippen LogP) is 3.01. The molecule has 1 amide bonds. The van der Waals surface area contributed by atoms with Gasteiger partial charge in [-0.1, -0.05) is 56.3 Å². The summed E-state index contributed by atoms with van der Waals surface area (Å²) in [4.78, 5) is 12.3. The molecule has 2 fully saturated rings. The van der Waals surface area contributed by atoms with E-state index in [0.717, 1.165) is 0 Å². The molecule has 2 saturated heterocycles. The molecular weight excluding hydrogens is 432 g/mol. The number of ether oxygens (including phenoxy) is 3. The van der Waals surface area contributed by atoms with Crippen LogP contribution < -0.4 is 10.0 Å². The Kier molecular flexibility index (Phi) is 6.80. The predicted molar refractivity (Wildman–Crippen MR) is 120 cm³/mol. The third-order valence-electron chi connectivity index (χ3n) is 5.62. The molecule has 172 valence electrons. The van der Waals surface area contributed by atoms with Crippen molar-refractivity contribution in [3.63, 3.8) is 0 Å². The van der Waals surface area contributed by atoms with Crippen molar-refractivity contribution in [1.82, 2.24) is 4.72 Å². The SMILES string of the molecule is CC(C)c1ccc(NC(=O)O[C@@H]2CO[C@H]3[C@@H]2OC[C@@H]3NS(=O)(=O)Cc2ccccc2)cc1. The number of amides is 1. The topological polar surface area (TPSA) is 103 Å². The van der Waals surface area contributed by atoms with Crippen molar-refractivity contribution >= 4 is 21.8 Å². The molecule has 2 aromatic carbocycles. The minimum atomic E-state index is -3.58. The molecule has 8 nitrogen and oxygen atoms in total. The van der Waals surface area contributed by atoms with Crippen molar-refractivity contribution in [2.75, 3.05) is 18.5 Å². The first-order valence-electron chi connectivity index (χ1n) is 10.7. The summed E-state index contributed by atoms with van der Waals surface area (Å²) in [5.74, 6) is 0.279. The Morgan fingerprint density at radius 3 is 2.41 bits per heavy atom. The summed E-state index contributed by atoms with van der Waals surface area (Å²) >= 11 is 0. The summed E-state index contributed by atoms with van der Waals surface area (Å²) in [6, 6.07) is 16.0. The van der Waals surface area contributed by atoms with Crippen LogP contribution in [0.3, 0.4) is 0 Å². The molecule has 0 unspecified atom stereocenters. The van der Waals surface area contributed by atoms with E-state index in [1.165, 1.54) is 5.56 Å². The van der Waals surface area contributed by atoms with E-state index >= 15 is 0 Å². The number of nitrogens with one attached hydrogen (secondary N) is 2. The fraction of sp³-hybridized carbons (Fsp3) is 0.435. The Hall–Kier alpha value is -2.46. The summed E-state index contributed by atoms with van der Waals surface area (Å²) in [7, 11) is -3.58. The van der Waals surface area contributed by atoms with E-state index in [1.807, 2.05) is 30.3 Å². The van der Waals surface area contributed by atoms with Gasteiger partial charge in [0, 0.05) is 5.69 Å². The van der Waals surface area contributed by atoms with E-state index in [9.17, 15) is 13.2 Å². The highest BCUT2D eigenvalue weighted by molar-refractivity contribution is 7.88. The standard InChI is InChI=1S/C23H28N2O6S/c1-15(2)17-8-10-18(11-9-17)24-23(26)31-20-13-30-21-19(12-29-22(20)21)25-32(27,28)14-16-6-4-3-5-7-16/h3-11,15,19-22,25H,12-14H2,1-2H3,(H,24,26)/t19-,20+,21+,22+/m0/s1. The fourth-order valence-corrected chi connectivity index (χ4v) is 5.35. The maximum Gasteiger partial charge on any atom is 0.412 e. The largest absolute Gasteiger partial charge is 0.441 e. The van der Waals surface area contributed by atoms with Crippen LogP contribution in [0.1, 0.15) is 30.9 Å². The van der Waals surface area contributed by atoms with Gasteiger partial charge in [0.05, 0.1) is 25.0 Å². The molecular formula is C23H28N2O6S. The molecule has 0 saturated carbocycles. The van der Waals surface area contributed by atoms with Gasteiger partial charge in [-0.05, 0) is 29.2 Å². The summed E-state index contributed by atoms with van der Waals surface area (Å²) in [5, 5.41) is 2.71.